The highest BCUT2D eigenvalue weighted by Crippen LogP contribution is 2.33. The van der Waals surface area contributed by atoms with Gasteiger partial charge in [0.25, 0.3) is 10.2 Å². The van der Waals surface area contributed by atoms with Gasteiger partial charge in [0.15, 0.2) is 11.5 Å². The van der Waals surface area contributed by atoms with Crippen molar-refractivity contribution < 1.29 is 13.2 Å². The molecule has 4 heterocycles. The number of hydrogen-bond donors (Lipinski definition) is 3. The lowest BCUT2D eigenvalue weighted by atomic mass is 9.95. The van der Waals surface area contributed by atoms with Gasteiger partial charge in [0.2, 0.25) is 5.95 Å². The Hall–Kier alpha value is -3.20. The maximum atomic E-state index is 13.2. The molecule has 0 radical (unpaired) electrons. The van der Waals surface area contributed by atoms with E-state index in [0.717, 1.165) is 48.6 Å². The number of nitrogens with one attached hydrogen (secondary N) is 3. The largest absolute Gasteiger partial charge is 0.494 e. The summed E-state index contributed by atoms with van der Waals surface area (Å²) in [6.45, 7) is 4.73. The molecule has 3 N–H and O–H groups in total. The standard InChI is InChI=1S/C27H40N10O3S/c1-34-10-14-36(15-11-34)41(38,39)37-16-12-35(13-17-37)21-8-9-22(23(18-21)40-2)31-27-32-25-24(28-19-29-25)26(33-27)30-20-6-4-3-5-7-20/h8-9,18-20H,3-7,10-17H2,1-2H3,(H3,28,29,30,31,32,33). The van der Waals surface area contributed by atoms with E-state index in [9.17, 15) is 8.42 Å². The Bertz CT molecular complexity index is 1440. The molecule has 3 aliphatic rings. The lowest BCUT2D eigenvalue weighted by Gasteiger charge is -2.39. The van der Waals surface area contributed by atoms with E-state index in [-0.39, 0.29) is 0 Å². The molecule has 14 heteroatoms. The highest BCUT2D eigenvalue weighted by atomic mass is 32.2. The summed E-state index contributed by atoms with van der Waals surface area (Å²) in [5.74, 6) is 1.84. The van der Waals surface area contributed by atoms with Crippen molar-refractivity contribution in [3.05, 3.63) is 24.5 Å². The number of methoxy groups -OCH3 is 1. The predicted molar refractivity (Wildman–Crippen MR) is 160 cm³/mol. The molecule has 6 rings (SSSR count). The van der Waals surface area contributed by atoms with Crippen molar-refractivity contribution in [1.82, 2.24) is 33.4 Å². The van der Waals surface area contributed by atoms with Crippen LogP contribution in [0.1, 0.15) is 32.1 Å². The zero-order valence-electron chi connectivity index (χ0n) is 23.8. The number of H-pyrrole nitrogens is 1. The van der Waals surface area contributed by atoms with Gasteiger partial charge in [-0.25, -0.2) is 4.98 Å². The number of piperazine rings is 2. The first-order valence-electron chi connectivity index (χ1n) is 14.5. The summed E-state index contributed by atoms with van der Waals surface area (Å²) in [5, 5.41) is 6.92. The average molecular weight is 585 g/mol. The molecular formula is C27H40N10O3S. The van der Waals surface area contributed by atoms with Gasteiger partial charge >= 0.3 is 0 Å². The molecule has 2 aliphatic heterocycles. The third-order valence-electron chi connectivity index (χ3n) is 8.38. The zero-order valence-corrected chi connectivity index (χ0v) is 24.7. The normalized spacial score (nSPS) is 20.4. The van der Waals surface area contributed by atoms with Crippen molar-refractivity contribution in [3.63, 3.8) is 0 Å². The number of likely N-dealkylation sites (N-methyl/N-ethyl adjacent to an activating group) is 1. The van der Waals surface area contributed by atoms with Gasteiger partial charge in [0.05, 0.1) is 19.1 Å². The first kappa shape index (κ1) is 27.9. The molecule has 41 heavy (non-hydrogen) atoms. The van der Waals surface area contributed by atoms with Crippen LogP contribution in [0.2, 0.25) is 0 Å². The van der Waals surface area contributed by atoms with Gasteiger partial charge in [-0.05, 0) is 32.0 Å². The van der Waals surface area contributed by atoms with Gasteiger partial charge in [-0.3, -0.25) is 0 Å². The summed E-state index contributed by atoms with van der Waals surface area (Å²) < 4.78 is 35.3. The minimum absolute atomic E-state index is 0.386. The van der Waals surface area contributed by atoms with Crippen LogP contribution in [0.3, 0.4) is 0 Å². The summed E-state index contributed by atoms with van der Waals surface area (Å²) in [6, 6.07) is 6.34. The van der Waals surface area contributed by atoms with Crippen LogP contribution in [-0.4, -0.2) is 114 Å². The van der Waals surface area contributed by atoms with E-state index in [1.54, 1.807) is 22.0 Å². The van der Waals surface area contributed by atoms with E-state index in [1.165, 1.54) is 19.3 Å². The summed E-state index contributed by atoms with van der Waals surface area (Å²) in [6.07, 6.45) is 7.63. The monoisotopic (exact) mass is 584 g/mol. The Kier molecular flexibility index (Phi) is 8.15. The van der Waals surface area contributed by atoms with Crippen molar-refractivity contribution in [3.8, 4) is 5.75 Å². The molecule has 0 amide bonds. The highest BCUT2D eigenvalue weighted by Gasteiger charge is 2.34. The third kappa shape index (κ3) is 6.05. The first-order valence-corrected chi connectivity index (χ1v) is 15.9. The van der Waals surface area contributed by atoms with Crippen LogP contribution in [0, 0.1) is 0 Å². The molecule has 0 unspecified atom stereocenters. The average Bonchev–Trinajstić information content (AvgIpc) is 3.47. The van der Waals surface area contributed by atoms with Gasteiger partial charge in [0.1, 0.15) is 11.3 Å². The number of aromatic amines is 1. The van der Waals surface area contributed by atoms with Crippen LogP contribution in [0.15, 0.2) is 24.5 Å². The first-order chi connectivity index (χ1) is 19.9. The fourth-order valence-electron chi connectivity index (χ4n) is 5.89. The molecule has 0 spiro atoms. The highest BCUT2D eigenvalue weighted by molar-refractivity contribution is 7.86. The van der Waals surface area contributed by atoms with E-state index >= 15 is 0 Å². The molecule has 1 saturated carbocycles. The molecule has 0 atom stereocenters. The predicted octanol–water partition coefficient (Wildman–Crippen LogP) is 2.46. The number of aromatic nitrogens is 4. The molecule has 2 aromatic heterocycles. The lowest BCUT2D eigenvalue weighted by molar-refractivity contribution is 0.210. The van der Waals surface area contributed by atoms with Crippen LogP contribution < -0.4 is 20.3 Å². The fourth-order valence-corrected chi connectivity index (χ4v) is 7.47. The minimum atomic E-state index is -3.44. The topological polar surface area (TPSA) is 135 Å². The number of ether oxygens (including phenoxy) is 1. The molecule has 1 aliphatic carbocycles. The molecule has 3 fully saturated rings. The Morgan fingerprint density at radius 2 is 1.66 bits per heavy atom. The van der Waals surface area contributed by atoms with E-state index < -0.39 is 10.2 Å². The van der Waals surface area contributed by atoms with E-state index in [4.69, 9.17) is 9.72 Å². The number of rotatable bonds is 8. The molecule has 13 nitrogen and oxygen atoms in total. The number of fused-ring (bicyclic) bond motifs is 1. The van der Waals surface area contributed by atoms with Crippen molar-refractivity contribution in [1.29, 1.82) is 0 Å². The van der Waals surface area contributed by atoms with Crippen LogP contribution in [0.4, 0.5) is 23.1 Å². The van der Waals surface area contributed by atoms with Gasteiger partial charge in [0, 0.05) is 70.2 Å². The minimum Gasteiger partial charge on any atom is -0.494 e. The van der Waals surface area contributed by atoms with E-state index in [0.29, 0.717) is 62.7 Å². The van der Waals surface area contributed by atoms with Crippen LogP contribution in [-0.2, 0) is 10.2 Å². The summed E-state index contributed by atoms with van der Waals surface area (Å²) in [5.41, 5.74) is 3.13. The Morgan fingerprint density at radius 1 is 0.951 bits per heavy atom. The SMILES string of the molecule is COc1cc(N2CCN(S(=O)(=O)N3CCN(C)CC3)CC2)ccc1Nc1nc(NC2CCCCC2)c2nc[nH]c2n1. The maximum Gasteiger partial charge on any atom is 0.282 e. The number of benzene rings is 1. The van der Waals surface area contributed by atoms with Gasteiger partial charge in [-0.1, -0.05) is 19.3 Å². The van der Waals surface area contributed by atoms with Crippen molar-refractivity contribution in [2.24, 2.45) is 0 Å². The second-order valence-corrected chi connectivity index (χ2v) is 13.0. The fraction of sp³-hybridized carbons (Fsp3) is 0.593. The van der Waals surface area contributed by atoms with Gasteiger partial charge in [-0.15, -0.1) is 0 Å². The third-order valence-corrected chi connectivity index (χ3v) is 10.4. The molecular weight excluding hydrogens is 544 g/mol. The molecule has 222 valence electrons. The van der Waals surface area contributed by atoms with Crippen LogP contribution >= 0.6 is 0 Å². The number of hydrogen-bond acceptors (Lipinski definition) is 10. The maximum absolute atomic E-state index is 13.2. The van der Waals surface area contributed by atoms with E-state index in [2.05, 4.69) is 35.4 Å². The Balaban J connectivity index is 1.14. The second-order valence-electron chi connectivity index (χ2n) is 11.1. The van der Waals surface area contributed by atoms with E-state index in [1.807, 2.05) is 25.2 Å². The smallest absolute Gasteiger partial charge is 0.282 e. The Morgan fingerprint density at radius 3 is 2.37 bits per heavy atom. The summed E-state index contributed by atoms with van der Waals surface area (Å²) in [7, 11) is 0.222. The van der Waals surface area contributed by atoms with Crippen molar-refractivity contribution in [2.75, 3.05) is 82.0 Å². The summed E-state index contributed by atoms with van der Waals surface area (Å²) in [4.78, 5) is 21.3. The van der Waals surface area contributed by atoms with Crippen LogP contribution in [0.5, 0.6) is 5.75 Å². The van der Waals surface area contributed by atoms with Gasteiger partial charge < -0.3 is 30.2 Å². The zero-order chi connectivity index (χ0) is 28.4. The van der Waals surface area contributed by atoms with Crippen molar-refractivity contribution >= 4 is 44.5 Å². The lowest BCUT2D eigenvalue weighted by Crippen LogP contribution is -2.56. The Labute approximate surface area is 241 Å². The molecule has 3 aromatic rings. The quantitative estimate of drug-likeness (QED) is 0.362. The second kappa shape index (κ2) is 12.0. The van der Waals surface area contributed by atoms with Gasteiger partial charge in [-0.2, -0.15) is 27.0 Å². The number of nitrogens with zero attached hydrogens (tertiary/aromatic N) is 7. The number of imidazole rings is 1. The molecule has 1 aromatic carbocycles. The summed E-state index contributed by atoms with van der Waals surface area (Å²) >= 11 is 0. The van der Waals surface area contributed by atoms with Crippen molar-refractivity contribution in [2.45, 2.75) is 38.1 Å². The molecule has 0 bridgehead atoms. The van der Waals surface area contributed by atoms with Crippen LogP contribution in [0.25, 0.3) is 11.2 Å². The molecule has 2 saturated heterocycles. The number of anilines is 4.